The van der Waals surface area contributed by atoms with E-state index >= 15 is 0 Å². The van der Waals surface area contributed by atoms with E-state index in [0.29, 0.717) is 0 Å². The summed E-state index contributed by atoms with van der Waals surface area (Å²) in [6.07, 6.45) is 0. The summed E-state index contributed by atoms with van der Waals surface area (Å²) in [7, 11) is 1.69. The van der Waals surface area contributed by atoms with Gasteiger partial charge in [0, 0.05) is 0 Å². The third-order valence-electron chi connectivity index (χ3n) is 2.86. The molecular formula is C15H16O. The average Bonchev–Trinajstić information content (AvgIpc) is 2.30. The highest BCUT2D eigenvalue weighted by molar-refractivity contribution is 5.71. The maximum absolute atomic E-state index is 5.17. The molecule has 0 saturated carbocycles. The van der Waals surface area contributed by atoms with E-state index in [1.165, 1.54) is 22.3 Å². The predicted octanol–water partition coefficient (Wildman–Crippen LogP) is 3.98. The Morgan fingerprint density at radius 1 is 0.812 bits per heavy atom. The summed E-state index contributed by atoms with van der Waals surface area (Å²) >= 11 is 0. The summed E-state index contributed by atoms with van der Waals surface area (Å²) in [6.45, 7) is 4.29. The van der Waals surface area contributed by atoms with Crippen molar-refractivity contribution in [3.8, 4) is 16.9 Å². The number of ether oxygens (including phenoxy) is 1. The summed E-state index contributed by atoms with van der Waals surface area (Å²) in [5.41, 5.74) is 5.19. The zero-order valence-corrected chi connectivity index (χ0v) is 9.95. The van der Waals surface area contributed by atoms with Crippen LogP contribution < -0.4 is 4.74 Å². The Hall–Kier alpha value is -1.76. The fourth-order valence-corrected chi connectivity index (χ4v) is 2.03. The minimum absolute atomic E-state index is 0.898. The van der Waals surface area contributed by atoms with Gasteiger partial charge in [-0.05, 0) is 48.2 Å². The van der Waals surface area contributed by atoms with E-state index < -0.39 is 0 Å². The van der Waals surface area contributed by atoms with E-state index in [1.54, 1.807) is 7.11 Å². The molecule has 0 aliphatic heterocycles. The topological polar surface area (TPSA) is 9.23 Å². The van der Waals surface area contributed by atoms with Gasteiger partial charge in [0.15, 0.2) is 0 Å². The lowest BCUT2D eigenvalue weighted by Gasteiger charge is -2.10. The van der Waals surface area contributed by atoms with Crippen molar-refractivity contribution in [2.45, 2.75) is 13.8 Å². The number of rotatable bonds is 2. The number of hydrogen-bond acceptors (Lipinski definition) is 1. The van der Waals surface area contributed by atoms with E-state index in [1.807, 2.05) is 12.1 Å². The molecule has 82 valence electrons. The third-order valence-corrected chi connectivity index (χ3v) is 2.86. The Labute approximate surface area is 96.7 Å². The monoisotopic (exact) mass is 212 g/mol. The summed E-state index contributed by atoms with van der Waals surface area (Å²) < 4.78 is 5.17. The first kappa shape index (κ1) is 10.7. The highest BCUT2D eigenvalue weighted by Gasteiger charge is 2.04. The van der Waals surface area contributed by atoms with Crippen LogP contribution in [0, 0.1) is 13.8 Å². The van der Waals surface area contributed by atoms with Gasteiger partial charge in [0.05, 0.1) is 7.11 Å². The third kappa shape index (κ3) is 1.94. The molecule has 0 radical (unpaired) electrons. The van der Waals surface area contributed by atoms with E-state index in [0.717, 1.165) is 5.75 Å². The van der Waals surface area contributed by atoms with Crippen LogP contribution in [0.4, 0.5) is 0 Å². The van der Waals surface area contributed by atoms with Gasteiger partial charge in [-0.1, -0.05) is 30.3 Å². The van der Waals surface area contributed by atoms with Crippen LogP contribution in [-0.2, 0) is 0 Å². The second-order valence-corrected chi connectivity index (χ2v) is 4.00. The molecule has 16 heavy (non-hydrogen) atoms. The molecule has 2 aromatic rings. The zero-order chi connectivity index (χ0) is 11.5. The molecule has 0 aliphatic carbocycles. The average molecular weight is 212 g/mol. The van der Waals surface area contributed by atoms with Crippen molar-refractivity contribution in [1.82, 2.24) is 0 Å². The SMILES string of the molecule is COc1ccc(-c2c(C)cccc2C)cc1. The molecule has 0 saturated heterocycles. The largest absolute Gasteiger partial charge is 0.497 e. The number of methoxy groups -OCH3 is 1. The first-order valence-corrected chi connectivity index (χ1v) is 5.43. The molecule has 0 fully saturated rings. The van der Waals surface area contributed by atoms with Gasteiger partial charge < -0.3 is 4.74 Å². The second-order valence-electron chi connectivity index (χ2n) is 4.00. The maximum Gasteiger partial charge on any atom is 0.118 e. The molecule has 1 nitrogen and oxygen atoms in total. The van der Waals surface area contributed by atoms with Crippen LogP contribution in [0.1, 0.15) is 11.1 Å². The molecule has 0 amide bonds. The lowest BCUT2D eigenvalue weighted by molar-refractivity contribution is 0.415. The summed E-state index contributed by atoms with van der Waals surface area (Å²) in [4.78, 5) is 0. The van der Waals surface area contributed by atoms with Crippen LogP contribution >= 0.6 is 0 Å². The molecular weight excluding hydrogens is 196 g/mol. The molecule has 0 unspecified atom stereocenters. The highest BCUT2D eigenvalue weighted by atomic mass is 16.5. The van der Waals surface area contributed by atoms with Gasteiger partial charge in [0.2, 0.25) is 0 Å². The van der Waals surface area contributed by atoms with Crippen molar-refractivity contribution in [2.75, 3.05) is 7.11 Å². The van der Waals surface area contributed by atoms with Crippen molar-refractivity contribution < 1.29 is 4.74 Å². The Morgan fingerprint density at radius 3 is 1.88 bits per heavy atom. The fraction of sp³-hybridized carbons (Fsp3) is 0.200. The lowest BCUT2D eigenvalue weighted by Crippen LogP contribution is -1.88. The lowest BCUT2D eigenvalue weighted by atomic mass is 9.96. The van der Waals surface area contributed by atoms with Crippen LogP contribution in [0.3, 0.4) is 0 Å². The molecule has 2 aromatic carbocycles. The van der Waals surface area contributed by atoms with Gasteiger partial charge in [0.25, 0.3) is 0 Å². The summed E-state index contributed by atoms with van der Waals surface area (Å²) in [6, 6.07) is 14.6. The molecule has 0 aromatic heterocycles. The molecule has 0 heterocycles. The fourth-order valence-electron chi connectivity index (χ4n) is 2.03. The first-order chi connectivity index (χ1) is 7.72. The second kappa shape index (κ2) is 4.40. The molecule has 0 atom stereocenters. The normalized spacial score (nSPS) is 10.2. The Bertz CT molecular complexity index is 463. The van der Waals surface area contributed by atoms with Crippen LogP contribution in [0.25, 0.3) is 11.1 Å². The van der Waals surface area contributed by atoms with Gasteiger partial charge in [0.1, 0.15) is 5.75 Å². The van der Waals surface area contributed by atoms with Gasteiger partial charge in [-0.3, -0.25) is 0 Å². The van der Waals surface area contributed by atoms with E-state index in [2.05, 4.69) is 44.2 Å². The predicted molar refractivity (Wildman–Crippen MR) is 67.9 cm³/mol. The Morgan fingerprint density at radius 2 is 1.38 bits per heavy atom. The van der Waals surface area contributed by atoms with E-state index in [9.17, 15) is 0 Å². The number of benzene rings is 2. The minimum Gasteiger partial charge on any atom is -0.497 e. The van der Waals surface area contributed by atoms with Crippen LogP contribution in [0.5, 0.6) is 5.75 Å². The Balaban J connectivity index is 2.50. The van der Waals surface area contributed by atoms with Crippen molar-refractivity contribution in [2.24, 2.45) is 0 Å². The smallest absolute Gasteiger partial charge is 0.118 e. The molecule has 0 spiro atoms. The van der Waals surface area contributed by atoms with Gasteiger partial charge in [-0.2, -0.15) is 0 Å². The van der Waals surface area contributed by atoms with Crippen molar-refractivity contribution in [1.29, 1.82) is 0 Å². The maximum atomic E-state index is 5.17. The van der Waals surface area contributed by atoms with Gasteiger partial charge >= 0.3 is 0 Å². The molecule has 2 rings (SSSR count). The standard InChI is InChI=1S/C15H16O/c1-11-5-4-6-12(2)15(11)13-7-9-14(16-3)10-8-13/h4-10H,1-3H3. The first-order valence-electron chi connectivity index (χ1n) is 5.43. The highest BCUT2D eigenvalue weighted by Crippen LogP contribution is 2.28. The summed E-state index contributed by atoms with van der Waals surface area (Å²) in [5.74, 6) is 0.898. The van der Waals surface area contributed by atoms with E-state index in [-0.39, 0.29) is 0 Å². The van der Waals surface area contributed by atoms with Gasteiger partial charge in [-0.25, -0.2) is 0 Å². The quantitative estimate of drug-likeness (QED) is 0.731. The summed E-state index contributed by atoms with van der Waals surface area (Å²) in [5, 5.41) is 0. The molecule has 1 heteroatoms. The zero-order valence-electron chi connectivity index (χ0n) is 9.95. The minimum atomic E-state index is 0.898. The number of aryl methyl sites for hydroxylation is 2. The Kier molecular flexibility index (Phi) is 2.95. The number of hydrogen-bond donors (Lipinski definition) is 0. The van der Waals surface area contributed by atoms with Crippen molar-refractivity contribution in [3.05, 3.63) is 53.6 Å². The van der Waals surface area contributed by atoms with Crippen molar-refractivity contribution >= 4 is 0 Å². The van der Waals surface area contributed by atoms with Crippen LogP contribution in [-0.4, -0.2) is 7.11 Å². The van der Waals surface area contributed by atoms with Crippen LogP contribution in [0.15, 0.2) is 42.5 Å². The van der Waals surface area contributed by atoms with E-state index in [4.69, 9.17) is 4.74 Å². The molecule has 0 N–H and O–H groups in total. The van der Waals surface area contributed by atoms with Crippen LogP contribution in [0.2, 0.25) is 0 Å². The van der Waals surface area contributed by atoms with Gasteiger partial charge in [-0.15, -0.1) is 0 Å². The molecule has 0 aliphatic rings. The van der Waals surface area contributed by atoms with Crippen molar-refractivity contribution in [3.63, 3.8) is 0 Å². The molecule has 0 bridgehead atoms.